The van der Waals surface area contributed by atoms with Crippen LogP contribution < -0.4 is 5.11 Å². The molecule has 36 heavy (non-hydrogen) atoms. The highest BCUT2D eigenvalue weighted by Gasteiger charge is 2.46. The molecule has 0 aromatic carbocycles. The molecule has 7 nitrogen and oxygen atoms in total. The SMILES string of the molecule is O=C1C(=O)C(=C2CC=[N+]3C=CCC4=C3C2CC(O)C4)C([O-])=C1C1=C2CC(O)CC3=C2N(CC=C3)CC1. The van der Waals surface area contributed by atoms with Crippen LogP contribution in [0.15, 0.2) is 80.6 Å². The second kappa shape index (κ2) is 7.85. The third kappa shape index (κ3) is 3.02. The molecule has 0 saturated carbocycles. The smallest absolute Gasteiger partial charge is 0.233 e. The third-order valence-corrected chi connectivity index (χ3v) is 8.70. The Morgan fingerprint density at radius 2 is 1.81 bits per heavy atom. The van der Waals surface area contributed by atoms with E-state index in [9.17, 15) is 24.9 Å². The molecule has 0 radical (unpaired) electrons. The Morgan fingerprint density at radius 3 is 2.67 bits per heavy atom. The highest BCUT2D eigenvalue weighted by Crippen LogP contribution is 2.47. The number of carbonyl (C=O) groups excluding carboxylic acids is 2. The van der Waals surface area contributed by atoms with Crippen LogP contribution in [-0.4, -0.2) is 62.8 Å². The van der Waals surface area contributed by atoms with E-state index in [1.54, 1.807) is 0 Å². The molecule has 4 aliphatic heterocycles. The maximum atomic E-state index is 13.9. The number of carbonyl (C=O) groups is 2. The van der Waals surface area contributed by atoms with Crippen LogP contribution in [0.5, 0.6) is 0 Å². The van der Waals surface area contributed by atoms with Gasteiger partial charge in [-0.1, -0.05) is 17.9 Å². The van der Waals surface area contributed by atoms with Gasteiger partial charge in [-0.05, 0) is 47.6 Å². The number of allylic oxidation sites excluding steroid dienone is 6. The second-order valence-electron chi connectivity index (χ2n) is 10.8. The van der Waals surface area contributed by atoms with Crippen LogP contribution >= 0.6 is 0 Å². The van der Waals surface area contributed by atoms with Crippen LogP contribution in [0, 0.1) is 5.92 Å². The van der Waals surface area contributed by atoms with Crippen molar-refractivity contribution < 1.29 is 29.5 Å². The van der Waals surface area contributed by atoms with Crippen molar-refractivity contribution in [3.63, 3.8) is 0 Å². The summed E-state index contributed by atoms with van der Waals surface area (Å²) in [6.07, 6.45) is 12.6. The lowest BCUT2D eigenvalue weighted by atomic mass is 9.74. The van der Waals surface area contributed by atoms with Crippen molar-refractivity contribution >= 4 is 17.8 Å². The summed E-state index contributed by atoms with van der Waals surface area (Å²) in [7, 11) is 0. The number of nitrogens with zero attached hydrogens (tertiary/aromatic N) is 2. The fourth-order valence-electron chi connectivity index (χ4n) is 7.29. The van der Waals surface area contributed by atoms with E-state index in [-0.39, 0.29) is 17.1 Å². The molecule has 3 atom stereocenters. The lowest BCUT2D eigenvalue weighted by Gasteiger charge is -2.41. The van der Waals surface area contributed by atoms with Crippen LogP contribution in [-0.2, 0) is 9.59 Å². The lowest BCUT2D eigenvalue weighted by molar-refractivity contribution is -0.414. The number of hydrogen-bond donors (Lipinski definition) is 2. The Hall–Kier alpha value is -3.29. The minimum Gasteiger partial charge on any atom is -0.871 e. The first kappa shape index (κ1) is 21.9. The molecule has 0 bridgehead atoms. The van der Waals surface area contributed by atoms with Crippen molar-refractivity contribution in [1.82, 2.24) is 4.90 Å². The molecule has 3 aliphatic carbocycles. The molecule has 3 unspecified atom stereocenters. The molecule has 0 fully saturated rings. The van der Waals surface area contributed by atoms with Crippen LogP contribution in [0.3, 0.4) is 0 Å². The van der Waals surface area contributed by atoms with Gasteiger partial charge in [0.15, 0.2) is 18.1 Å². The molecule has 7 aliphatic rings. The first-order chi connectivity index (χ1) is 17.4. The van der Waals surface area contributed by atoms with E-state index in [0.717, 1.165) is 41.1 Å². The quantitative estimate of drug-likeness (QED) is 0.332. The average molecular weight is 485 g/mol. The van der Waals surface area contributed by atoms with E-state index in [1.807, 2.05) is 18.5 Å². The highest BCUT2D eigenvalue weighted by molar-refractivity contribution is 6.54. The van der Waals surface area contributed by atoms with Crippen molar-refractivity contribution in [3.05, 3.63) is 80.6 Å². The monoisotopic (exact) mass is 484 g/mol. The molecule has 0 saturated heterocycles. The minimum absolute atomic E-state index is 0.00387. The molecular formula is C29H28N2O5. The molecule has 0 spiro atoms. The van der Waals surface area contributed by atoms with Crippen LogP contribution in [0.4, 0.5) is 0 Å². The number of hydrogen-bond acceptors (Lipinski definition) is 6. The Bertz CT molecular complexity index is 1400. The van der Waals surface area contributed by atoms with Gasteiger partial charge in [-0.25, -0.2) is 0 Å². The highest BCUT2D eigenvalue weighted by atomic mass is 16.3. The zero-order chi connectivity index (χ0) is 24.7. The summed E-state index contributed by atoms with van der Waals surface area (Å²) >= 11 is 0. The molecule has 0 aromatic heterocycles. The fraction of sp³-hybridized carbons (Fsp3) is 0.414. The Labute approximate surface area is 209 Å². The predicted octanol–water partition coefficient (Wildman–Crippen LogP) is 1.46. The minimum atomic E-state index is -0.719. The van der Waals surface area contributed by atoms with Crippen molar-refractivity contribution in [3.8, 4) is 0 Å². The predicted molar refractivity (Wildman–Crippen MR) is 129 cm³/mol. The molecule has 184 valence electrons. The first-order valence-electron chi connectivity index (χ1n) is 12.9. The summed E-state index contributed by atoms with van der Waals surface area (Å²) in [5.41, 5.74) is 6.38. The van der Waals surface area contributed by atoms with Gasteiger partial charge < -0.3 is 20.2 Å². The maximum absolute atomic E-state index is 13.9. The van der Waals surface area contributed by atoms with Gasteiger partial charge in [-0.2, -0.15) is 4.58 Å². The average Bonchev–Trinajstić information content (AvgIpc) is 3.07. The van der Waals surface area contributed by atoms with Gasteiger partial charge in [0.05, 0.1) is 18.1 Å². The topological polar surface area (TPSA) is 104 Å². The molecule has 7 rings (SSSR count). The van der Waals surface area contributed by atoms with Crippen molar-refractivity contribution in [2.45, 2.75) is 57.2 Å². The summed E-state index contributed by atoms with van der Waals surface area (Å²) in [6, 6.07) is 0. The first-order valence-corrected chi connectivity index (χ1v) is 12.9. The lowest BCUT2D eigenvalue weighted by Crippen LogP contribution is -2.37. The van der Waals surface area contributed by atoms with E-state index < -0.39 is 29.5 Å². The van der Waals surface area contributed by atoms with E-state index in [2.05, 4.69) is 21.6 Å². The molecule has 4 heterocycles. The molecular weight excluding hydrogens is 456 g/mol. The summed E-state index contributed by atoms with van der Waals surface area (Å²) in [6.45, 7) is 1.43. The number of aliphatic hydroxyl groups excluding tert-OH is 2. The summed E-state index contributed by atoms with van der Waals surface area (Å²) in [5.74, 6) is -2.16. The van der Waals surface area contributed by atoms with Crippen LogP contribution in [0.2, 0.25) is 0 Å². The van der Waals surface area contributed by atoms with Crippen LogP contribution in [0.1, 0.15) is 44.9 Å². The Balaban J connectivity index is 1.41. The third-order valence-electron chi connectivity index (χ3n) is 8.70. The van der Waals surface area contributed by atoms with E-state index in [0.29, 0.717) is 56.2 Å². The number of Topliss-reactive ketones (excluding diaryl/α,β-unsaturated/α-hetero) is 2. The maximum Gasteiger partial charge on any atom is 0.233 e. The van der Waals surface area contributed by atoms with Gasteiger partial charge in [0, 0.05) is 61.2 Å². The van der Waals surface area contributed by atoms with Crippen molar-refractivity contribution in [1.29, 1.82) is 0 Å². The van der Waals surface area contributed by atoms with Crippen molar-refractivity contribution in [2.75, 3.05) is 13.1 Å². The van der Waals surface area contributed by atoms with Crippen molar-refractivity contribution in [2.24, 2.45) is 5.92 Å². The van der Waals surface area contributed by atoms with Gasteiger partial charge in [-0.15, -0.1) is 0 Å². The molecule has 2 N–H and O–H groups in total. The van der Waals surface area contributed by atoms with E-state index in [1.165, 1.54) is 0 Å². The number of ketones is 2. The number of aliphatic hydroxyl groups is 2. The zero-order valence-corrected chi connectivity index (χ0v) is 20.0. The standard InChI is InChI=1S/C29H28N2O5/c32-17-11-15-3-1-7-30-9-5-19(21(13-17)25(15)30)23-27(34)24(29(36)28(23)35)20-6-10-31-8-2-4-16-12-18(33)14-22(20)26(16)31/h1-3,8,10,17-18,22,32-33H,4-7,9,11-14H2. The van der Waals surface area contributed by atoms with E-state index >= 15 is 0 Å². The van der Waals surface area contributed by atoms with Gasteiger partial charge in [0.25, 0.3) is 0 Å². The molecule has 0 amide bonds. The Morgan fingerprint density at radius 1 is 0.972 bits per heavy atom. The van der Waals surface area contributed by atoms with E-state index in [4.69, 9.17) is 0 Å². The molecule has 7 heteroatoms. The normalized spacial score (nSPS) is 33.6. The zero-order valence-electron chi connectivity index (χ0n) is 20.0. The molecule has 0 aromatic rings. The van der Waals surface area contributed by atoms with Gasteiger partial charge in [-0.3, -0.25) is 9.59 Å². The summed E-state index contributed by atoms with van der Waals surface area (Å²) in [4.78, 5) is 29.1. The number of rotatable bonds is 1. The van der Waals surface area contributed by atoms with Crippen LogP contribution in [0.25, 0.3) is 0 Å². The second-order valence-corrected chi connectivity index (χ2v) is 10.8. The van der Waals surface area contributed by atoms with Gasteiger partial charge in [0.1, 0.15) is 0 Å². The summed E-state index contributed by atoms with van der Waals surface area (Å²) in [5, 5.41) is 35.1. The largest absolute Gasteiger partial charge is 0.871 e. The van der Waals surface area contributed by atoms with Gasteiger partial charge >= 0.3 is 0 Å². The fourth-order valence-corrected chi connectivity index (χ4v) is 7.29. The van der Waals surface area contributed by atoms with Gasteiger partial charge in [0.2, 0.25) is 11.6 Å². The summed E-state index contributed by atoms with van der Waals surface area (Å²) < 4.78 is 2.06. The Kier molecular flexibility index (Phi) is 4.79.